The molecule has 1 aliphatic rings. The van der Waals surface area contributed by atoms with Crippen LogP contribution in [0.15, 0.2) is 42.5 Å². The van der Waals surface area contributed by atoms with E-state index in [2.05, 4.69) is 61.7 Å². The third kappa shape index (κ3) is 2.90. The van der Waals surface area contributed by atoms with Crippen molar-refractivity contribution in [3.8, 4) is 0 Å². The van der Waals surface area contributed by atoms with Gasteiger partial charge in [0.05, 0.1) is 11.0 Å². The molecule has 3 aromatic rings. The summed E-state index contributed by atoms with van der Waals surface area (Å²) in [5, 5.41) is 0. The summed E-state index contributed by atoms with van der Waals surface area (Å²) in [6.07, 6.45) is 1.58. The molecule has 1 atom stereocenters. The quantitative estimate of drug-likeness (QED) is 0.693. The van der Waals surface area contributed by atoms with E-state index in [0.717, 1.165) is 30.0 Å². The molecule has 1 aromatic heterocycles. The largest absolute Gasteiger partial charge is 0.328 e. The lowest BCUT2D eigenvalue weighted by Gasteiger charge is -2.18. The first-order chi connectivity index (χ1) is 12.6. The number of amides is 1. The molecular formula is C22H25N3O. The third-order valence-corrected chi connectivity index (χ3v) is 5.14. The molecule has 0 bridgehead atoms. The minimum atomic E-state index is 0.141. The van der Waals surface area contributed by atoms with Gasteiger partial charge in [0.15, 0.2) is 0 Å². The van der Waals surface area contributed by atoms with E-state index < -0.39 is 0 Å². The number of aryl methyl sites for hydroxylation is 3. The summed E-state index contributed by atoms with van der Waals surface area (Å²) in [7, 11) is 0. The van der Waals surface area contributed by atoms with Crippen LogP contribution >= 0.6 is 0 Å². The van der Waals surface area contributed by atoms with Crippen molar-refractivity contribution in [3.05, 3.63) is 59.4 Å². The summed E-state index contributed by atoms with van der Waals surface area (Å²) in [5.41, 5.74) is 5.58. The van der Waals surface area contributed by atoms with Crippen LogP contribution in [0.4, 0.5) is 5.69 Å². The minimum Gasteiger partial charge on any atom is -0.328 e. The van der Waals surface area contributed by atoms with Crippen molar-refractivity contribution in [3.63, 3.8) is 0 Å². The zero-order valence-electron chi connectivity index (χ0n) is 15.7. The van der Waals surface area contributed by atoms with Gasteiger partial charge in [-0.3, -0.25) is 4.79 Å². The number of fused-ring (bicyclic) bond motifs is 1. The number of benzene rings is 2. The Balaban J connectivity index is 1.71. The van der Waals surface area contributed by atoms with E-state index in [1.165, 1.54) is 16.6 Å². The number of rotatable bonds is 4. The predicted molar refractivity (Wildman–Crippen MR) is 106 cm³/mol. The van der Waals surface area contributed by atoms with Gasteiger partial charge in [0.1, 0.15) is 5.82 Å². The van der Waals surface area contributed by atoms with Gasteiger partial charge in [0.25, 0.3) is 0 Å². The van der Waals surface area contributed by atoms with Gasteiger partial charge >= 0.3 is 0 Å². The van der Waals surface area contributed by atoms with Crippen LogP contribution in [-0.4, -0.2) is 22.0 Å². The molecule has 2 aromatic carbocycles. The Bertz CT molecular complexity index is 952. The second-order valence-corrected chi connectivity index (χ2v) is 7.36. The number of carbonyl (C=O) groups excluding carboxylic acids is 1. The number of hydrogen-bond acceptors (Lipinski definition) is 2. The lowest BCUT2D eigenvalue weighted by atomic mass is 10.1. The van der Waals surface area contributed by atoms with Gasteiger partial charge in [0.2, 0.25) is 5.91 Å². The van der Waals surface area contributed by atoms with Gasteiger partial charge in [0, 0.05) is 31.1 Å². The topological polar surface area (TPSA) is 38.1 Å². The average Bonchev–Trinajstić information content (AvgIpc) is 3.15. The van der Waals surface area contributed by atoms with Crippen LogP contribution in [0.2, 0.25) is 0 Å². The zero-order chi connectivity index (χ0) is 18.3. The van der Waals surface area contributed by atoms with E-state index in [0.29, 0.717) is 13.0 Å². The lowest BCUT2D eigenvalue weighted by molar-refractivity contribution is -0.117. The third-order valence-electron chi connectivity index (χ3n) is 5.14. The van der Waals surface area contributed by atoms with Crippen molar-refractivity contribution >= 4 is 22.6 Å². The molecule has 1 aliphatic heterocycles. The van der Waals surface area contributed by atoms with Gasteiger partial charge in [-0.15, -0.1) is 0 Å². The number of aromatic nitrogens is 2. The van der Waals surface area contributed by atoms with E-state index in [1.807, 2.05) is 11.0 Å². The standard InChI is InChI=1S/C22H25N3O/c1-4-9-24-20-8-6-5-7-19(20)23-22(24)17-13-21(26)25(14-17)18-11-15(2)10-16(3)12-18/h5-8,10-12,17H,4,9,13-14H2,1-3H3. The summed E-state index contributed by atoms with van der Waals surface area (Å²) >= 11 is 0. The number of anilines is 1. The van der Waals surface area contributed by atoms with E-state index >= 15 is 0 Å². The van der Waals surface area contributed by atoms with E-state index in [1.54, 1.807) is 0 Å². The van der Waals surface area contributed by atoms with Crippen LogP contribution in [0.3, 0.4) is 0 Å². The Morgan fingerprint density at radius 1 is 1.12 bits per heavy atom. The van der Waals surface area contributed by atoms with Gasteiger partial charge < -0.3 is 9.47 Å². The zero-order valence-corrected chi connectivity index (χ0v) is 15.7. The fraction of sp³-hybridized carbons (Fsp3) is 0.364. The molecule has 1 saturated heterocycles. The molecule has 0 spiro atoms. The van der Waals surface area contributed by atoms with Crippen LogP contribution in [0, 0.1) is 13.8 Å². The minimum absolute atomic E-state index is 0.141. The highest BCUT2D eigenvalue weighted by molar-refractivity contribution is 5.96. The van der Waals surface area contributed by atoms with Crippen molar-refractivity contribution in [2.45, 2.75) is 46.1 Å². The van der Waals surface area contributed by atoms with Crippen molar-refractivity contribution in [1.29, 1.82) is 0 Å². The van der Waals surface area contributed by atoms with Crippen LogP contribution in [0.25, 0.3) is 11.0 Å². The van der Waals surface area contributed by atoms with Crippen molar-refractivity contribution < 1.29 is 4.79 Å². The van der Waals surface area contributed by atoms with Gasteiger partial charge in [-0.2, -0.15) is 0 Å². The molecule has 0 radical (unpaired) electrons. The number of nitrogens with zero attached hydrogens (tertiary/aromatic N) is 3. The summed E-state index contributed by atoms with van der Waals surface area (Å²) < 4.78 is 2.30. The number of imidazole rings is 1. The summed E-state index contributed by atoms with van der Waals surface area (Å²) in [6, 6.07) is 14.6. The number of hydrogen-bond donors (Lipinski definition) is 0. The van der Waals surface area contributed by atoms with Gasteiger partial charge in [-0.1, -0.05) is 25.1 Å². The maximum atomic E-state index is 12.8. The van der Waals surface area contributed by atoms with E-state index in [-0.39, 0.29) is 11.8 Å². The highest BCUT2D eigenvalue weighted by atomic mass is 16.2. The van der Waals surface area contributed by atoms with Gasteiger partial charge in [-0.05, 0) is 55.7 Å². The molecule has 2 heterocycles. The fourth-order valence-corrected chi connectivity index (χ4v) is 4.10. The van der Waals surface area contributed by atoms with Crippen molar-refractivity contribution in [1.82, 2.24) is 9.55 Å². The molecular weight excluding hydrogens is 322 g/mol. The second kappa shape index (κ2) is 6.60. The molecule has 0 aliphatic carbocycles. The first-order valence-electron chi connectivity index (χ1n) is 9.40. The molecule has 1 unspecified atom stereocenters. The molecule has 4 rings (SSSR count). The predicted octanol–water partition coefficient (Wildman–Crippen LogP) is 4.58. The van der Waals surface area contributed by atoms with Gasteiger partial charge in [-0.25, -0.2) is 4.98 Å². The van der Waals surface area contributed by atoms with Crippen LogP contribution < -0.4 is 4.90 Å². The Labute approximate surface area is 154 Å². The Morgan fingerprint density at radius 2 is 1.85 bits per heavy atom. The average molecular weight is 347 g/mol. The first kappa shape index (κ1) is 16.8. The van der Waals surface area contributed by atoms with Crippen LogP contribution in [0.1, 0.15) is 42.6 Å². The Kier molecular flexibility index (Phi) is 4.27. The number of para-hydroxylation sites is 2. The maximum Gasteiger partial charge on any atom is 0.227 e. The molecule has 0 saturated carbocycles. The fourth-order valence-electron chi connectivity index (χ4n) is 4.10. The van der Waals surface area contributed by atoms with Crippen molar-refractivity contribution in [2.75, 3.05) is 11.4 Å². The summed E-state index contributed by atoms with van der Waals surface area (Å²) in [5.74, 6) is 1.38. The lowest BCUT2D eigenvalue weighted by Crippen LogP contribution is -2.24. The van der Waals surface area contributed by atoms with Crippen LogP contribution in [-0.2, 0) is 11.3 Å². The molecule has 1 fully saturated rings. The normalized spacial score (nSPS) is 17.4. The molecule has 134 valence electrons. The smallest absolute Gasteiger partial charge is 0.227 e. The maximum absolute atomic E-state index is 12.8. The SMILES string of the molecule is CCCn1c(C2CC(=O)N(c3cc(C)cc(C)c3)C2)nc2ccccc21. The molecule has 26 heavy (non-hydrogen) atoms. The van der Waals surface area contributed by atoms with E-state index in [4.69, 9.17) is 4.98 Å². The first-order valence-corrected chi connectivity index (χ1v) is 9.40. The summed E-state index contributed by atoms with van der Waals surface area (Å²) in [4.78, 5) is 19.6. The second-order valence-electron chi connectivity index (χ2n) is 7.36. The number of carbonyl (C=O) groups is 1. The Hall–Kier alpha value is -2.62. The monoisotopic (exact) mass is 347 g/mol. The Morgan fingerprint density at radius 3 is 2.58 bits per heavy atom. The molecule has 4 nitrogen and oxygen atoms in total. The highest BCUT2D eigenvalue weighted by Crippen LogP contribution is 2.34. The molecule has 4 heteroatoms. The van der Waals surface area contributed by atoms with Crippen molar-refractivity contribution in [2.24, 2.45) is 0 Å². The summed E-state index contributed by atoms with van der Waals surface area (Å²) in [6.45, 7) is 7.98. The van der Waals surface area contributed by atoms with E-state index in [9.17, 15) is 4.79 Å². The molecule has 0 N–H and O–H groups in total. The highest BCUT2D eigenvalue weighted by Gasteiger charge is 2.34. The molecule has 1 amide bonds. The van der Waals surface area contributed by atoms with Crippen LogP contribution in [0.5, 0.6) is 0 Å².